The van der Waals surface area contributed by atoms with E-state index >= 15 is 0 Å². The fraction of sp³-hybridized carbons (Fsp3) is 0.909. The van der Waals surface area contributed by atoms with Crippen molar-refractivity contribution >= 4 is 5.91 Å². The molecule has 17 heavy (non-hydrogen) atoms. The summed E-state index contributed by atoms with van der Waals surface area (Å²) in [5.74, 6) is 0.0975. The lowest BCUT2D eigenvalue weighted by atomic mass is 10.0. The molecule has 2 rings (SSSR count). The molecule has 2 fully saturated rings. The van der Waals surface area contributed by atoms with Crippen molar-refractivity contribution in [3.63, 3.8) is 0 Å². The number of carbonyl (C=O) groups is 1. The van der Waals surface area contributed by atoms with Gasteiger partial charge in [-0.15, -0.1) is 0 Å². The first-order valence-corrected chi connectivity index (χ1v) is 5.81. The Hall–Kier alpha value is -0.750. The lowest BCUT2D eigenvalue weighted by Crippen LogP contribution is -2.58. The summed E-state index contributed by atoms with van der Waals surface area (Å²) in [6, 6.07) is 0. The SMILES string of the molecule is CN(C)CC1(C(=O)N2CC(OC(F)F)C2)CC1. The van der Waals surface area contributed by atoms with E-state index in [1.807, 2.05) is 19.0 Å². The minimum Gasteiger partial charge on any atom is -0.337 e. The molecular formula is C11H18F2N2O2. The normalized spacial score (nSPS) is 23.1. The molecule has 1 saturated carbocycles. The average molecular weight is 248 g/mol. The summed E-state index contributed by atoms with van der Waals surface area (Å²) in [7, 11) is 3.87. The molecule has 0 aromatic rings. The van der Waals surface area contributed by atoms with E-state index in [4.69, 9.17) is 0 Å². The van der Waals surface area contributed by atoms with Gasteiger partial charge in [-0.05, 0) is 26.9 Å². The van der Waals surface area contributed by atoms with Crippen molar-refractivity contribution in [3.05, 3.63) is 0 Å². The van der Waals surface area contributed by atoms with Crippen LogP contribution in [0.4, 0.5) is 8.78 Å². The molecule has 2 aliphatic rings. The zero-order valence-electron chi connectivity index (χ0n) is 10.2. The van der Waals surface area contributed by atoms with Crippen molar-refractivity contribution in [3.8, 4) is 0 Å². The number of halogens is 2. The van der Waals surface area contributed by atoms with Gasteiger partial charge < -0.3 is 14.5 Å². The number of nitrogens with zero attached hydrogens (tertiary/aromatic N) is 2. The largest absolute Gasteiger partial charge is 0.345 e. The van der Waals surface area contributed by atoms with E-state index in [-0.39, 0.29) is 11.3 Å². The van der Waals surface area contributed by atoms with E-state index in [0.29, 0.717) is 13.1 Å². The van der Waals surface area contributed by atoms with Gasteiger partial charge in [0.25, 0.3) is 0 Å². The van der Waals surface area contributed by atoms with Crippen molar-refractivity contribution in [2.45, 2.75) is 25.6 Å². The highest BCUT2D eigenvalue weighted by atomic mass is 19.3. The smallest absolute Gasteiger partial charge is 0.337 e. The minimum absolute atomic E-state index is 0.0975. The number of hydrogen-bond donors (Lipinski definition) is 0. The predicted octanol–water partition coefficient (Wildman–Crippen LogP) is 0.778. The molecule has 98 valence electrons. The Bertz CT molecular complexity index is 300. The molecule has 1 saturated heterocycles. The van der Waals surface area contributed by atoms with Gasteiger partial charge in [-0.2, -0.15) is 8.78 Å². The highest BCUT2D eigenvalue weighted by Gasteiger charge is 2.53. The molecule has 4 nitrogen and oxygen atoms in total. The van der Waals surface area contributed by atoms with Crippen LogP contribution in [0, 0.1) is 5.41 Å². The Kier molecular flexibility index (Phi) is 3.36. The van der Waals surface area contributed by atoms with Crippen LogP contribution in [0.15, 0.2) is 0 Å². The van der Waals surface area contributed by atoms with Crippen LogP contribution in [0.25, 0.3) is 0 Å². The lowest BCUT2D eigenvalue weighted by Gasteiger charge is -2.41. The van der Waals surface area contributed by atoms with E-state index in [0.717, 1.165) is 19.4 Å². The van der Waals surface area contributed by atoms with Crippen LogP contribution < -0.4 is 0 Å². The van der Waals surface area contributed by atoms with Crippen LogP contribution in [-0.4, -0.2) is 62.2 Å². The van der Waals surface area contributed by atoms with Gasteiger partial charge in [0, 0.05) is 19.6 Å². The highest BCUT2D eigenvalue weighted by molar-refractivity contribution is 5.86. The van der Waals surface area contributed by atoms with Crippen LogP contribution in [0.3, 0.4) is 0 Å². The molecule has 0 N–H and O–H groups in total. The molecule has 0 aromatic heterocycles. The van der Waals surface area contributed by atoms with Crippen LogP contribution in [0.2, 0.25) is 0 Å². The number of hydrogen-bond acceptors (Lipinski definition) is 3. The molecule has 1 amide bonds. The summed E-state index contributed by atoms with van der Waals surface area (Å²) in [5, 5.41) is 0. The zero-order chi connectivity index (χ0) is 12.6. The van der Waals surface area contributed by atoms with Crippen LogP contribution >= 0.6 is 0 Å². The summed E-state index contributed by atoms with van der Waals surface area (Å²) >= 11 is 0. The molecule has 1 aliphatic carbocycles. The first kappa shape index (κ1) is 12.7. The third kappa shape index (κ3) is 2.74. The van der Waals surface area contributed by atoms with Gasteiger partial charge in [-0.25, -0.2) is 0 Å². The quantitative estimate of drug-likeness (QED) is 0.720. The lowest BCUT2D eigenvalue weighted by molar-refractivity contribution is -0.200. The molecule has 0 aromatic carbocycles. The maximum Gasteiger partial charge on any atom is 0.345 e. The summed E-state index contributed by atoms with van der Waals surface area (Å²) in [6.07, 6.45) is 1.32. The number of rotatable bonds is 5. The van der Waals surface area contributed by atoms with Crippen LogP contribution in [0.5, 0.6) is 0 Å². The standard InChI is InChI=1S/C11H18F2N2O2/c1-14(2)7-11(3-4-11)9(16)15-5-8(6-15)17-10(12)13/h8,10H,3-7H2,1-2H3. The van der Waals surface area contributed by atoms with E-state index in [2.05, 4.69) is 4.74 Å². The predicted molar refractivity (Wildman–Crippen MR) is 57.7 cm³/mol. The molecule has 1 heterocycles. The first-order chi connectivity index (χ1) is 7.93. The molecule has 0 bridgehead atoms. The first-order valence-electron chi connectivity index (χ1n) is 5.81. The molecule has 0 unspecified atom stereocenters. The van der Waals surface area contributed by atoms with E-state index < -0.39 is 12.7 Å². The zero-order valence-corrected chi connectivity index (χ0v) is 10.2. The Morgan fingerprint density at radius 2 is 2.06 bits per heavy atom. The molecule has 0 spiro atoms. The van der Waals surface area contributed by atoms with Crippen molar-refractivity contribution in [2.24, 2.45) is 5.41 Å². The van der Waals surface area contributed by atoms with Crippen molar-refractivity contribution in [2.75, 3.05) is 33.7 Å². The van der Waals surface area contributed by atoms with Crippen molar-refractivity contribution in [1.29, 1.82) is 0 Å². The van der Waals surface area contributed by atoms with Gasteiger partial charge in [-0.3, -0.25) is 4.79 Å². The van der Waals surface area contributed by atoms with Gasteiger partial charge in [0.05, 0.1) is 11.5 Å². The number of carbonyl (C=O) groups excluding carboxylic acids is 1. The molecule has 1 aliphatic heterocycles. The average Bonchev–Trinajstić information content (AvgIpc) is 2.89. The Morgan fingerprint density at radius 3 is 2.47 bits per heavy atom. The molecule has 0 radical (unpaired) electrons. The maximum absolute atomic E-state index is 12.1. The van der Waals surface area contributed by atoms with Crippen LogP contribution in [-0.2, 0) is 9.53 Å². The monoisotopic (exact) mass is 248 g/mol. The number of likely N-dealkylation sites (tertiary alicyclic amines) is 1. The van der Waals surface area contributed by atoms with E-state index in [1.54, 1.807) is 4.90 Å². The Labute approximate surface area is 99.5 Å². The van der Waals surface area contributed by atoms with Gasteiger partial charge in [0.1, 0.15) is 0 Å². The summed E-state index contributed by atoms with van der Waals surface area (Å²) < 4.78 is 28.2. The maximum atomic E-state index is 12.1. The minimum atomic E-state index is -2.74. The Balaban J connectivity index is 1.79. The summed E-state index contributed by atoms with van der Waals surface area (Å²) in [6.45, 7) is -1.40. The number of alkyl halides is 2. The van der Waals surface area contributed by atoms with E-state index in [9.17, 15) is 13.6 Å². The van der Waals surface area contributed by atoms with Crippen LogP contribution in [0.1, 0.15) is 12.8 Å². The van der Waals surface area contributed by atoms with Gasteiger partial charge >= 0.3 is 6.61 Å². The second-order valence-electron chi connectivity index (χ2n) is 5.25. The van der Waals surface area contributed by atoms with Crippen molar-refractivity contribution in [1.82, 2.24) is 9.80 Å². The highest BCUT2D eigenvalue weighted by Crippen LogP contribution is 2.48. The second kappa shape index (κ2) is 4.49. The third-order valence-corrected chi connectivity index (χ3v) is 3.36. The second-order valence-corrected chi connectivity index (χ2v) is 5.25. The Morgan fingerprint density at radius 1 is 1.47 bits per heavy atom. The molecule has 0 atom stereocenters. The van der Waals surface area contributed by atoms with E-state index in [1.165, 1.54) is 0 Å². The van der Waals surface area contributed by atoms with Crippen molar-refractivity contribution < 1.29 is 18.3 Å². The topological polar surface area (TPSA) is 32.8 Å². The molecule has 6 heteroatoms. The summed E-state index contributed by atoms with van der Waals surface area (Å²) in [5.41, 5.74) is -0.251. The van der Waals surface area contributed by atoms with Gasteiger partial charge in [-0.1, -0.05) is 0 Å². The molecular weight excluding hydrogens is 230 g/mol. The van der Waals surface area contributed by atoms with Gasteiger partial charge in [0.2, 0.25) is 5.91 Å². The number of ether oxygens (including phenoxy) is 1. The van der Waals surface area contributed by atoms with Gasteiger partial charge in [0.15, 0.2) is 0 Å². The fourth-order valence-corrected chi connectivity index (χ4v) is 2.37. The summed E-state index contributed by atoms with van der Waals surface area (Å²) in [4.78, 5) is 15.8. The number of amides is 1. The fourth-order valence-electron chi connectivity index (χ4n) is 2.37. The third-order valence-electron chi connectivity index (χ3n) is 3.36.